The van der Waals surface area contributed by atoms with E-state index in [1.165, 1.54) is 0 Å². The molecule has 1 heterocycles. The maximum absolute atomic E-state index is 11.9. The molecule has 0 fully saturated rings. The Bertz CT molecular complexity index is 802. The lowest BCUT2D eigenvalue weighted by molar-refractivity contribution is -0.114. The SMILES string of the molecule is COc1cc2c(cc1OC)C(c1cccc(Br)c1)=NCC(=O)N2. The van der Waals surface area contributed by atoms with Crippen LogP contribution >= 0.6 is 15.9 Å². The zero-order valence-electron chi connectivity index (χ0n) is 12.7. The zero-order chi connectivity index (χ0) is 16.4. The summed E-state index contributed by atoms with van der Waals surface area (Å²) < 4.78 is 11.6. The van der Waals surface area contributed by atoms with Crippen molar-refractivity contribution in [2.45, 2.75) is 0 Å². The Balaban J connectivity index is 2.21. The second-order valence-corrected chi connectivity index (χ2v) is 5.89. The van der Waals surface area contributed by atoms with E-state index in [0.29, 0.717) is 17.2 Å². The van der Waals surface area contributed by atoms with E-state index in [-0.39, 0.29) is 12.5 Å². The van der Waals surface area contributed by atoms with Crippen molar-refractivity contribution in [3.05, 3.63) is 52.0 Å². The molecular weight excluding hydrogens is 360 g/mol. The number of benzene rings is 2. The van der Waals surface area contributed by atoms with Gasteiger partial charge in [0.1, 0.15) is 6.54 Å². The van der Waals surface area contributed by atoms with Crippen LogP contribution in [0.25, 0.3) is 0 Å². The minimum Gasteiger partial charge on any atom is -0.493 e. The highest BCUT2D eigenvalue weighted by molar-refractivity contribution is 9.10. The van der Waals surface area contributed by atoms with E-state index < -0.39 is 0 Å². The Kier molecular flexibility index (Phi) is 4.34. The summed E-state index contributed by atoms with van der Waals surface area (Å²) in [5, 5.41) is 2.86. The van der Waals surface area contributed by atoms with Crippen molar-refractivity contribution in [3.8, 4) is 11.5 Å². The number of hydrogen-bond acceptors (Lipinski definition) is 4. The molecule has 5 nitrogen and oxygen atoms in total. The first-order chi connectivity index (χ1) is 11.1. The summed E-state index contributed by atoms with van der Waals surface area (Å²) in [6.07, 6.45) is 0. The van der Waals surface area contributed by atoms with Gasteiger partial charge in [-0.15, -0.1) is 0 Å². The molecule has 0 radical (unpaired) electrons. The van der Waals surface area contributed by atoms with Gasteiger partial charge in [0, 0.05) is 21.7 Å². The van der Waals surface area contributed by atoms with Crippen molar-refractivity contribution in [2.75, 3.05) is 26.1 Å². The fourth-order valence-electron chi connectivity index (χ4n) is 2.49. The third kappa shape index (κ3) is 3.07. The lowest BCUT2D eigenvalue weighted by Gasteiger charge is -2.15. The monoisotopic (exact) mass is 374 g/mol. The maximum Gasteiger partial charge on any atom is 0.246 e. The van der Waals surface area contributed by atoms with Crippen molar-refractivity contribution in [2.24, 2.45) is 4.99 Å². The van der Waals surface area contributed by atoms with Gasteiger partial charge in [0.25, 0.3) is 0 Å². The Labute approximate surface area is 142 Å². The number of rotatable bonds is 3. The molecule has 23 heavy (non-hydrogen) atoms. The molecule has 0 aromatic heterocycles. The first-order valence-electron chi connectivity index (χ1n) is 6.99. The van der Waals surface area contributed by atoms with Crippen LogP contribution < -0.4 is 14.8 Å². The summed E-state index contributed by atoms with van der Waals surface area (Å²) >= 11 is 3.47. The van der Waals surface area contributed by atoms with E-state index in [1.807, 2.05) is 30.3 Å². The fourth-order valence-corrected chi connectivity index (χ4v) is 2.89. The van der Waals surface area contributed by atoms with Crippen LogP contribution in [0.5, 0.6) is 11.5 Å². The molecule has 1 aliphatic rings. The lowest BCUT2D eigenvalue weighted by Crippen LogP contribution is -2.13. The Morgan fingerprint density at radius 1 is 1.13 bits per heavy atom. The molecule has 6 heteroatoms. The molecule has 0 atom stereocenters. The summed E-state index contributed by atoms with van der Waals surface area (Å²) in [4.78, 5) is 16.4. The van der Waals surface area contributed by atoms with Gasteiger partial charge in [-0.2, -0.15) is 0 Å². The Morgan fingerprint density at radius 2 is 1.87 bits per heavy atom. The standard InChI is InChI=1S/C17H15BrN2O3/c1-22-14-7-12-13(8-15(14)23-2)20-16(21)9-19-17(12)10-4-3-5-11(18)6-10/h3-8H,9H2,1-2H3,(H,20,21). The molecule has 0 saturated carbocycles. The van der Waals surface area contributed by atoms with Crippen LogP contribution in [-0.2, 0) is 4.79 Å². The number of carbonyl (C=O) groups excluding carboxylic acids is 1. The molecule has 3 rings (SSSR count). The first kappa shape index (κ1) is 15.6. The molecule has 0 spiro atoms. The Hall–Kier alpha value is -2.34. The van der Waals surface area contributed by atoms with Crippen LogP contribution in [0, 0.1) is 0 Å². The van der Waals surface area contributed by atoms with Gasteiger partial charge in [-0.3, -0.25) is 9.79 Å². The maximum atomic E-state index is 11.9. The van der Waals surface area contributed by atoms with Crippen molar-refractivity contribution < 1.29 is 14.3 Å². The van der Waals surface area contributed by atoms with Crippen LogP contribution in [0.2, 0.25) is 0 Å². The predicted octanol–water partition coefficient (Wildman–Crippen LogP) is 3.26. The largest absolute Gasteiger partial charge is 0.493 e. The molecule has 1 N–H and O–H groups in total. The molecule has 0 bridgehead atoms. The smallest absolute Gasteiger partial charge is 0.246 e. The second kappa shape index (κ2) is 6.42. The molecule has 0 unspecified atom stereocenters. The van der Waals surface area contributed by atoms with E-state index in [1.54, 1.807) is 20.3 Å². The minimum atomic E-state index is -0.163. The number of nitrogens with one attached hydrogen (secondary N) is 1. The Morgan fingerprint density at radius 3 is 2.57 bits per heavy atom. The molecule has 118 valence electrons. The van der Waals surface area contributed by atoms with E-state index in [4.69, 9.17) is 9.47 Å². The van der Waals surface area contributed by atoms with Gasteiger partial charge >= 0.3 is 0 Å². The molecular formula is C17H15BrN2O3. The first-order valence-corrected chi connectivity index (χ1v) is 7.78. The lowest BCUT2D eigenvalue weighted by atomic mass is 10.00. The third-order valence-corrected chi connectivity index (χ3v) is 4.03. The van der Waals surface area contributed by atoms with Crippen molar-refractivity contribution in [1.29, 1.82) is 0 Å². The van der Waals surface area contributed by atoms with Crippen LogP contribution in [0.3, 0.4) is 0 Å². The van der Waals surface area contributed by atoms with Gasteiger partial charge in [-0.05, 0) is 18.2 Å². The summed E-state index contributed by atoms with van der Waals surface area (Å²) in [6.45, 7) is 0.0706. The van der Waals surface area contributed by atoms with Gasteiger partial charge < -0.3 is 14.8 Å². The average molecular weight is 375 g/mol. The number of aliphatic imine (C=N–C) groups is 1. The third-order valence-electron chi connectivity index (χ3n) is 3.53. The summed E-state index contributed by atoms with van der Waals surface area (Å²) in [7, 11) is 3.14. The minimum absolute atomic E-state index is 0.0706. The van der Waals surface area contributed by atoms with Crippen LogP contribution in [-0.4, -0.2) is 32.4 Å². The second-order valence-electron chi connectivity index (χ2n) is 4.98. The van der Waals surface area contributed by atoms with E-state index in [0.717, 1.165) is 21.3 Å². The number of fused-ring (bicyclic) bond motifs is 1. The summed E-state index contributed by atoms with van der Waals surface area (Å²) in [6, 6.07) is 11.4. The molecule has 2 aromatic rings. The van der Waals surface area contributed by atoms with Gasteiger partial charge in [0.05, 0.1) is 25.6 Å². The van der Waals surface area contributed by atoms with Gasteiger partial charge in [-0.25, -0.2) is 0 Å². The number of amides is 1. The van der Waals surface area contributed by atoms with Crippen molar-refractivity contribution >= 4 is 33.2 Å². The molecule has 1 amide bonds. The zero-order valence-corrected chi connectivity index (χ0v) is 14.3. The van der Waals surface area contributed by atoms with Crippen molar-refractivity contribution in [3.63, 3.8) is 0 Å². The van der Waals surface area contributed by atoms with Crippen LogP contribution in [0.4, 0.5) is 5.69 Å². The number of nitrogens with zero attached hydrogens (tertiary/aromatic N) is 1. The van der Waals surface area contributed by atoms with Gasteiger partial charge in [0.15, 0.2) is 11.5 Å². The summed E-state index contributed by atoms with van der Waals surface area (Å²) in [5.74, 6) is 0.982. The average Bonchev–Trinajstić information content (AvgIpc) is 2.71. The van der Waals surface area contributed by atoms with E-state index >= 15 is 0 Å². The molecule has 0 saturated heterocycles. The van der Waals surface area contributed by atoms with Crippen LogP contribution in [0.15, 0.2) is 45.9 Å². The predicted molar refractivity (Wildman–Crippen MR) is 92.8 cm³/mol. The van der Waals surface area contributed by atoms with Gasteiger partial charge in [0.2, 0.25) is 5.91 Å². The number of ether oxygens (including phenoxy) is 2. The topological polar surface area (TPSA) is 59.9 Å². The molecule has 2 aromatic carbocycles. The number of hydrogen-bond donors (Lipinski definition) is 1. The van der Waals surface area contributed by atoms with Crippen molar-refractivity contribution in [1.82, 2.24) is 0 Å². The molecule has 1 aliphatic heterocycles. The highest BCUT2D eigenvalue weighted by Gasteiger charge is 2.21. The number of halogens is 1. The summed E-state index contributed by atoms with van der Waals surface area (Å²) in [5.41, 5.74) is 3.11. The number of benzodiazepines with no additional fused rings is 1. The normalized spacial score (nSPS) is 13.5. The molecule has 0 aliphatic carbocycles. The highest BCUT2D eigenvalue weighted by Crippen LogP contribution is 2.35. The van der Waals surface area contributed by atoms with Gasteiger partial charge in [-0.1, -0.05) is 28.1 Å². The van der Waals surface area contributed by atoms with Crippen LogP contribution in [0.1, 0.15) is 11.1 Å². The quantitative estimate of drug-likeness (QED) is 0.896. The number of methoxy groups -OCH3 is 2. The number of carbonyl (C=O) groups is 1. The van der Waals surface area contributed by atoms with E-state index in [9.17, 15) is 4.79 Å². The highest BCUT2D eigenvalue weighted by atomic mass is 79.9. The number of anilines is 1. The van der Waals surface area contributed by atoms with E-state index in [2.05, 4.69) is 26.2 Å². The fraction of sp³-hybridized carbons (Fsp3) is 0.176.